The van der Waals surface area contributed by atoms with Gasteiger partial charge < -0.3 is 47.2 Å². The van der Waals surface area contributed by atoms with Gasteiger partial charge in [-0.3, -0.25) is 19.2 Å². The van der Waals surface area contributed by atoms with Crippen LogP contribution in [0.25, 0.3) is 0 Å². The van der Waals surface area contributed by atoms with E-state index in [9.17, 15) is 39.3 Å². The molecule has 0 aromatic heterocycles. The Morgan fingerprint density at radius 3 is 1.71 bits per heavy atom. The van der Waals surface area contributed by atoms with Crippen LogP contribution in [0.5, 0.6) is 5.75 Å². The van der Waals surface area contributed by atoms with E-state index in [1.807, 2.05) is 5.32 Å². The van der Waals surface area contributed by atoms with Crippen LogP contribution in [0.2, 0.25) is 0 Å². The summed E-state index contributed by atoms with van der Waals surface area (Å²) in [5, 5.41) is 53.4. The summed E-state index contributed by atoms with van der Waals surface area (Å²) in [6.07, 6.45) is -3.93. The van der Waals surface area contributed by atoms with Gasteiger partial charge in [0, 0.05) is 0 Å². The molecule has 0 spiro atoms. The van der Waals surface area contributed by atoms with Crippen molar-refractivity contribution in [2.24, 2.45) is 5.73 Å². The van der Waals surface area contributed by atoms with Crippen LogP contribution in [0, 0.1) is 0 Å². The highest BCUT2D eigenvalue weighted by atomic mass is 16.4. The largest absolute Gasteiger partial charge is 0.508 e. The van der Waals surface area contributed by atoms with Crippen LogP contribution in [0.15, 0.2) is 24.3 Å². The summed E-state index contributed by atoms with van der Waals surface area (Å²) >= 11 is 0. The average Bonchev–Trinajstić information content (AvgIpc) is 2.75. The number of carboxylic acid groups (broad SMARTS) is 2. The third kappa shape index (κ3) is 9.56. The number of aromatic hydroxyl groups is 1. The second-order valence-corrected chi connectivity index (χ2v) is 7.93. The number of phenolic OH excluding ortho intramolecular Hbond substituents is 1. The molecule has 194 valence electrons. The van der Waals surface area contributed by atoms with Crippen LogP contribution in [-0.2, 0) is 30.4 Å². The first-order chi connectivity index (χ1) is 16.2. The second kappa shape index (κ2) is 13.2. The lowest BCUT2D eigenvalue weighted by Gasteiger charge is -2.27. The first-order valence-electron chi connectivity index (χ1n) is 10.5. The summed E-state index contributed by atoms with van der Waals surface area (Å²) in [7, 11) is 0. The lowest BCUT2D eigenvalue weighted by molar-refractivity contribution is -0.148. The van der Waals surface area contributed by atoms with Crippen LogP contribution < -0.4 is 21.7 Å². The van der Waals surface area contributed by atoms with E-state index in [0.29, 0.717) is 5.56 Å². The fraction of sp³-hybridized carbons (Fsp3) is 0.476. The molecule has 0 aliphatic carbocycles. The number of rotatable bonds is 13. The average molecular weight is 498 g/mol. The highest BCUT2D eigenvalue weighted by molar-refractivity contribution is 5.95. The highest BCUT2D eigenvalue weighted by Crippen LogP contribution is 2.11. The first-order valence-corrected chi connectivity index (χ1v) is 10.5. The molecule has 10 N–H and O–H groups in total. The van der Waals surface area contributed by atoms with Crippen molar-refractivity contribution >= 4 is 29.7 Å². The van der Waals surface area contributed by atoms with E-state index >= 15 is 0 Å². The third-order valence-corrected chi connectivity index (χ3v) is 4.85. The fourth-order valence-electron chi connectivity index (χ4n) is 2.93. The summed E-state index contributed by atoms with van der Waals surface area (Å²) in [5.41, 5.74) is 6.48. The number of nitrogens with one attached hydrogen (secondary N) is 3. The molecule has 0 bridgehead atoms. The highest BCUT2D eigenvalue weighted by Gasteiger charge is 2.34. The monoisotopic (exact) mass is 498 g/mol. The van der Waals surface area contributed by atoms with Gasteiger partial charge in [0.2, 0.25) is 17.7 Å². The van der Waals surface area contributed by atoms with E-state index in [1.165, 1.54) is 19.1 Å². The summed E-state index contributed by atoms with van der Waals surface area (Å²) in [6.45, 7) is 2.29. The minimum absolute atomic E-state index is 0.0203. The molecule has 0 aliphatic rings. The molecule has 35 heavy (non-hydrogen) atoms. The molecule has 0 heterocycles. The van der Waals surface area contributed by atoms with Gasteiger partial charge in [-0.2, -0.15) is 0 Å². The van der Waals surface area contributed by atoms with Crippen molar-refractivity contribution in [2.45, 2.75) is 63.1 Å². The van der Waals surface area contributed by atoms with Gasteiger partial charge in [-0.05, 0) is 38.0 Å². The Labute approximate surface area is 200 Å². The molecular weight excluding hydrogens is 468 g/mol. The molecule has 0 aliphatic heterocycles. The minimum Gasteiger partial charge on any atom is -0.508 e. The van der Waals surface area contributed by atoms with E-state index in [0.717, 1.165) is 6.92 Å². The van der Waals surface area contributed by atoms with Crippen LogP contribution in [0.4, 0.5) is 0 Å². The molecule has 14 heteroatoms. The van der Waals surface area contributed by atoms with Crippen LogP contribution in [0.3, 0.4) is 0 Å². The lowest BCUT2D eigenvalue weighted by Crippen LogP contribution is -2.62. The number of carbonyl (C=O) groups excluding carboxylic acids is 3. The van der Waals surface area contributed by atoms with Crippen molar-refractivity contribution in [1.29, 1.82) is 0 Å². The maximum atomic E-state index is 12.7. The molecule has 14 nitrogen and oxygen atoms in total. The normalized spacial score (nSPS) is 16.0. The number of phenols is 1. The molecule has 6 atom stereocenters. The third-order valence-electron chi connectivity index (χ3n) is 4.85. The Morgan fingerprint density at radius 1 is 0.829 bits per heavy atom. The molecular formula is C21H30N4O10. The molecule has 6 unspecified atom stereocenters. The summed E-state index contributed by atoms with van der Waals surface area (Å²) in [6, 6.07) is -0.417. The number of aliphatic carboxylic acids is 2. The smallest absolute Gasteiger partial charge is 0.326 e. The van der Waals surface area contributed by atoms with Gasteiger partial charge in [0.05, 0.1) is 24.7 Å². The predicted molar refractivity (Wildman–Crippen MR) is 119 cm³/mol. The quantitative estimate of drug-likeness (QED) is 0.133. The number of carbonyl (C=O) groups is 5. The lowest BCUT2D eigenvalue weighted by atomic mass is 10.0. The van der Waals surface area contributed by atoms with E-state index in [-0.39, 0.29) is 12.2 Å². The van der Waals surface area contributed by atoms with Crippen LogP contribution in [0.1, 0.15) is 25.8 Å². The number of hydrogen-bond donors (Lipinski definition) is 9. The maximum absolute atomic E-state index is 12.7. The molecule has 0 fully saturated rings. The molecule has 1 rings (SSSR count). The van der Waals surface area contributed by atoms with Crippen molar-refractivity contribution in [2.75, 3.05) is 0 Å². The molecule has 3 amide bonds. The number of aliphatic hydroxyl groups is 2. The molecule has 1 aromatic carbocycles. The van der Waals surface area contributed by atoms with E-state index in [4.69, 9.17) is 15.9 Å². The number of hydrogen-bond acceptors (Lipinski definition) is 9. The molecule has 1 aromatic rings. The number of nitrogens with two attached hydrogens (primary N) is 1. The van der Waals surface area contributed by atoms with Crippen molar-refractivity contribution in [3.63, 3.8) is 0 Å². The predicted octanol–water partition coefficient (Wildman–Crippen LogP) is -2.96. The van der Waals surface area contributed by atoms with Crippen LogP contribution >= 0.6 is 0 Å². The number of benzene rings is 1. The van der Waals surface area contributed by atoms with E-state index in [1.54, 1.807) is 12.1 Å². The fourth-order valence-corrected chi connectivity index (χ4v) is 2.93. The Bertz CT molecular complexity index is 919. The Morgan fingerprint density at radius 2 is 1.29 bits per heavy atom. The minimum atomic E-state index is -1.83. The summed E-state index contributed by atoms with van der Waals surface area (Å²) < 4.78 is 0. The number of aliphatic hydroxyl groups excluding tert-OH is 2. The summed E-state index contributed by atoms with van der Waals surface area (Å²) in [5.74, 6) is -6.22. The van der Waals surface area contributed by atoms with Gasteiger partial charge in [0.1, 0.15) is 23.9 Å². The van der Waals surface area contributed by atoms with Crippen LogP contribution in [-0.4, -0.2) is 91.6 Å². The van der Waals surface area contributed by atoms with Crippen molar-refractivity contribution in [3.05, 3.63) is 29.8 Å². The summed E-state index contributed by atoms with van der Waals surface area (Å²) in [4.78, 5) is 59.6. The van der Waals surface area contributed by atoms with Crippen molar-refractivity contribution in [3.8, 4) is 5.75 Å². The second-order valence-electron chi connectivity index (χ2n) is 7.93. The zero-order chi connectivity index (χ0) is 26.9. The van der Waals surface area contributed by atoms with E-state index < -0.39 is 72.5 Å². The Kier molecular flexibility index (Phi) is 11.1. The zero-order valence-electron chi connectivity index (χ0n) is 19.0. The maximum Gasteiger partial charge on any atom is 0.326 e. The Hall–Kier alpha value is -3.75. The number of carboxylic acids is 2. The topological polar surface area (TPSA) is 249 Å². The molecule has 0 saturated heterocycles. The zero-order valence-corrected chi connectivity index (χ0v) is 19.0. The SMILES string of the molecule is CC(O)C(NC(=O)C(N)Cc1ccc(O)cc1)C(=O)NC(C(=O)NC(CC(=O)O)C(=O)O)C(C)O. The van der Waals surface area contributed by atoms with Crippen molar-refractivity contribution in [1.82, 2.24) is 16.0 Å². The van der Waals surface area contributed by atoms with Crippen molar-refractivity contribution < 1.29 is 49.5 Å². The van der Waals surface area contributed by atoms with Gasteiger partial charge in [0.25, 0.3) is 0 Å². The first kappa shape index (κ1) is 29.3. The van der Waals surface area contributed by atoms with Gasteiger partial charge >= 0.3 is 11.9 Å². The van der Waals surface area contributed by atoms with Gasteiger partial charge in [0.15, 0.2) is 0 Å². The van der Waals surface area contributed by atoms with E-state index in [2.05, 4.69) is 10.6 Å². The Balaban J connectivity index is 2.89. The standard InChI is InChI=1S/C21H30N4O10/c1-9(26)16(19(32)23-14(21(34)35)8-15(29)30)25-20(33)17(10(2)27)24-18(31)13(22)7-11-3-5-12(28)6-4-11/h3-6,9-10,13-14,16-17,26-28H,7-8,22H2,1-2H3,(H,23,32)(H,24,31)(H,25,33)(H,29,30)(H,34,35). The van der Waals surface area contributed by atoms with Gasteiger partial charge in [-0.15, -0.1) is 0 Å². The van der Waals surface area contributed by atoms with Gasteiger partial charge in [-0.1, -0.05) is 12.1 Å². The molecule has 0 saturated carbocycles. The number of amides is 3. The van der Waals surface area contributed by atoms with Gasteiger partial charge in [-0.25, -0.2) is 4.79 Å². The molecule has 0 radical (unpaired) electrons.